The molecule has 1 heterocycles. The molecular weight excluding hydrogens is 228 g/mol. The summed E-state index contributed by atoms with van der Waals surface area (Å²) in [7, 11) is 0. The highest BCUT2D eigenvalue weighted by molar-refractivity contribution is 5.80. The number of hydrogen-bond acceptors (Lipinski definition) is 5. The van der Waals surface area contributed by atoms with Crippen LogP contribution in [0.15, 0.2) is 0 Å². The molecule has 1 aromatic heterocycles. The van der Waals surface area contributed by atoms with Crippen molar-refractivity contribution in [2.24, 2.45) is 0 Å². The summed E-state index contributed by atoms with van der Waals surface area (Å²) in [5, 5.41) is 24.3. The Labute approximate surface area is 97.2 Å². The third kappa shape index (κ3) is 3.70. The van der Waals surface area contributed by atoms with E-state index in [-0.39, 0.29) is 6.54 Å². The van der Waals surface area contributed by atoms with Crippen molar-refractivity contribution in [2.75, 3.05) is 13.1 Å². The highest BCUT2D eigenvalue weighted by Crippen LogP contribution is 2.04. The summed E-state index contributed by atoms with van der Waals surface area (Å²) in [6.07, 6.45) is 0. The summed E-state index contributed by atoms with van der Waals surface area (Å²) in [4.78, 5) is 23.4. The Balaban J connectivity index is 2.55. The zero-order valence-electron chi connectivity index (χ0n) is 9.54. The van der Waals surface area contributed by atoms with Gasteiger partial charge in [-0.15, -0.1) is 10.2 Å². The third-order valence-electron chi connectivity index (χ3n) is 2.08. The fourth-order valence-electron chi connectivity index (χ4n) is 1.18. The van der Waals surface area contributed by atoms with Gasteiger partial charge in [-0.25, -0.2) is 4.79 Å². The van der Waals surface area contributed by atoms with Crippen molar-refractivity contribution in [1.29, 1.82) is 0 Å². The molecule has 94 valence electrons. The lowest BCUT2D eigenvalue weighted by Crippen LogP contribution is -2.43. The highest BCUT2D eigenvalue weighted by Gasteiger charge is 2.19. The van der Waals surface area contributed by atoms with Crippen LogP contribution in [0.2, 0.25) is 0 Å². The van der Waals surface area contributed by atoms with Crippen LogP contribution in [0, 0.1) is 0 Å². The van der Waals surface area contributed by atoms with E-state index in [1.165, 1.54) is 4.90 Å². The average Bonchev–Trinajstić information content (AvgIpc) is 2.78. The van der Waals surface area contributed by atoms with E-state index in [2.05, 4.69) is 25.9 Å². The number of nitrogens with one attached hydrogen (secondary N) is 2. The first-order valence-electron chi connectivity index (χ1n) is 5.05. The van der Waals surface area contributed by atoms with Crippen LogP contribution in [0.5, 0.6) is 0 Å². The average molecular weight is 242 g/mol. The molecule has 0 bridgehead atoms. The number of aliphatic carboxylic acids is 1. The molecule has 1 atom stereocenters. The third-order valence-corrected chi connectivity index (χ3v) is 2.08. The van der Waals surface area contributed by atoms with Crippen LogP contribution >= 0.6 is 0 Å². The highest BCUT2D eigenvalue weighted by atomic mass is 16.4. The lowest BCUT2D eigenvalue weighted by Gasteiger charge is -2.20. The summed E-state index contributed by atoms with van der Waals surface area (Å²) in [5.74, 6) is -0.723. The van der Waals surface area contributed by atoms with E-state index in [0.29, 0.717) is 12.4 Å². The number of aromatic amines is 1. The molecule has 0 spiro atoms. The summed E-state index contributed by atoms with van der Waals surface area (Å²) in [6.45, 7) is 3.33. The molecule has 0 saturated heterocycles. The molecule has 9 heteroatoms. The van der Waals surface area contributed by atoms with Gasteiger partial charge in [0, 0.05) is 6.54 Å². The fourth-order valence-corrected chi connectivity index (χ4v) is 1.18. The monoisotopic (exact) mass is 242 g/mol. The minimum absolute atomic E-state index is 0.303. The van der Waals surface area contributed by atoms with Crippen LogP contribution in [0.4, 0.5) is 4.79 Å². The second kappa shape index (κ2) is 5.77. The van der Waals surface area contributed by atoms with Gasteiger partial charge in [0.15, 0.2) is 5.82 Å². The van der Waals surface area contributed by atoms with Gasteiger partial charge in [-0.1, -0.05) is 5.21 Å². The molecule has 0 aliphatic carbocycles. The minimum atomic E-state index is -1.06. The van der Waals surface area contributed by atoms with Crippen LogP contribution in [0.3, 0.4) is 0 Å². The maximum atomic E-state index is 11.7. The number of aromatic nitrogens is 4. The Morgan fingerprint density at radius 2 is 2.29 bits per heavy atom. The Hall–Kier alpha value is -2.19. The molecule has 1 unspecified atom stereocenters. The van der Waals surface area contributed by atoms with Gasteiger partial charge in [0.2, 0.25) is 0 Å². The number of H-pyrrole nitrogens is 1. The molecular formula is C8H14N6O3. The molecule has 3 N–H and O–H groups in total. The van der Waals surface area contributed by atoms with E-state index >= 15 is 0 Å². The Kier molecular flexibility index (Phi) is 4.37. The van der Waals surface area contributed by atoms with Gasteiger partial charge in [-0.2, -0.15) is 5.21 Å². The minimum Gasteiger partial charge on any atom is -0.480 e. The molecule has 0 aromatic carbocycles. The molecule has 0 saturated carbocycles. The predicted molar refractivity (Wildman–Crippen MR) is 56.0 cm³/mol. The van der Waals surface area contributed by atoms with Crippen molar-refractivity contribution in [2.45, 2.75) is 19.9 Å². The molecule has 0 radical (unpaired) electrons. The summed E-state index contributed by atoms with van der Waals surface area (Å²) in [5.41, 5.74) is 0. The predicted octanol–water partition coefficient (Wildman–Crippen LogP) is -0.623. The maximum absolute atomic E-state index is 11.7. The molecule has 17 heavy (non-hydrogen) atoms. The number of carbonyl (C=O) groups is 2. The first-order valence-corrected chi connectivity index (χ1v) is 5.05. The molecule has 1 aromatic rings. The number of nitrogens with zero attached hydrogens (tertiary/aromatic N) is 4. The molecule has 2 amide bonds. The zero-order valence-corrected chi connectivity index (χ0v) is 9.54. The second-order valence-corrected chi connectivity index (χ2v) is 3.35. The second-order valence-electron chi connectivity index (χ2n) is 3.35. The molecule has 0 fully saturated rings. The van der Waals surface area contributed by atoms with Gasteiger partial charge in [0.05, 0.1) is 6.04 Å². The number of carbonyl (C=O) groups excluding carboxylic acids is 1. The molecule has 0 aliphatic heterocycles. The number of carboxylic acids is 1. The number of rotatable bonds is 5. The largest absolute Gasteiger partial charge is 0.480 e. The topological polar surface area (TPSA) is 124 Å². The molecule has 1 rings (SSSR count). The lowest BCUT2D eigenvalue weighted by atomic mass is 10.3. The van der Waals surface area contributed by atoms with Crippen LogP contribution < -0.4 is 5.32 Å². The van der Waals surface area contributed by atoms with Crippen LogP contribution in [-0.4, -0.2) is 55.7 Å². The van der Waals surface area contributed by atoms with E-state index < -0.39 is 18.0 Å². The van der Waals surface area contributed by atoms with Crippen molar-refractivity contribution < 1.29 is 14.7 Å². The molecule has 0 aliphatic rings. The van der Waals surface area contributed by atoms with E-state index in [4.69, 9.17) is 5.11 Å². The number of urea groups is 1. The van der Waals surface area contributed by atoms with Crippen molar-refractivity contribution in [1.82, 2.24) is 30.8 Å². The smallest absolute Gasteiger partial charge is 0.323 e. The van der Waals surface area contributed by atoms with Gasteiger partial charge < -0.3 is 15.3 Å². The van der Waals surface area contributed by atoms with E-state index in [1.807, 2.05) is 0 Å². The number of hydrogen-bond donors (Lipinski definition) is 3. The van der Waals surface area contributed by atoms with E-state index in [9.17, 15) is 9.59 Å². The lowest BCUT2D eigenvalue weighted by molar-refractivity contribution is -0.137. The van der Waals surface area contributed by atoms with Crippen LogP contribution in [0.1, 0.15) is 25.7 Å². The van der Waals surface area contributed by atoms with Gasteiger partial charge in [0.25, 0.3) is 0 Å². The van der Waals surface area contributed by atoms with Crippen molar-refractivity contribution >= 4 is 12.0 Å². The van der Waals surface area contributed by atoms with Crippen molar-refractivity contribution in [3.05, 3.63) is 5.82 Å². The number of amides is 2. The summed E-state index contributed by atoms with van der Waals surface area (Å²) in [6, 6.07) is -0.920. The quantitative estimate of drug-likeness (QED) is 0.631. The summed E-state index contributed by atoms with van der Waals surface area (Å²) < 4.78 is 0. The Morgan fingerprint density at radius 3 is 2.76 bits per heavy atom. The van der Waals surface area contributed by atoms with Gasteiger partial charge in [-0.05, 0) is 13.8 Å². The number of carboxylic acid groups (broad SMARTS) is 1. The first kappa shape index (κ1) is 12.9. The van der Waals surface area contributed by atoms with Gasteiger partial charge in [0.1, 0.15) is 6.54 Å². The van der Waals surface area contributed by atoms with E-state index in [0.717, 1.165) is 0 Å². The van der Waals surface area contributed by atoms with Crippen molar-refractivity contribution in [3.8, 4) is 0 Å². The maximum Gasteiger partial charge on any atom is 0.323 e. The summed E-state index contributed by atoms with van der Waals surface area (Å²) >= 11 is 0. The van der Waals surface area contributed by atoms with Crippen LogP contribution in [0.25, 0.3) is 0 Å². The fraction of sp³-hybridized carbons (Fsp3) is 0.625. The first-order chi connectivity index (χ1) is 8.04. The zero-order chi connectivity index (χ0) is 12.8. The van der Waals surface area contributed by atoms with Gasteiger partial charge in [-0.3, -0.25) is 4.79 Å². The SMILES string of the molecule is CCN(CC(=O)O)C(=O)NC(C)c1nn[nH]n1. The van der Waals surface area contributed by atoms with Crippen molar-refractivity contribution in [3.63, 3.8) is 0 Å². The number of tetrazole rings is 1. The normalized spacial score (nSPS) is 11.9. The standard InChI is InChI=1S/C8H14N6O3/c1-3-14(4-6(15)16)8(17)9-5(2)7-10-12-13-11-7/h5H,3-4H2,1-2H3,(H,9,17)(H,15,16)(H,10,11,12,13). The van der Waals surface area contributed by atoms with Crippen LogP contribution in [-0.2, 0) is 4.79 Å². The Bertz CT molecular complexity index is 379. The van der Waals surface area contributed by atoms with Gasteiger partial charge >= 0.3 is 12.0 Å². The number of likely N-dealkylation sites (N-methyl/N-ethyl adjacent to an activating group) is 1. The van der Waals surface area contributed by atoms with E-state index in [1.54, 1.807) is 13.8 Å². The Morgan fingerprint density at radius 1 is 1.59 bits per heavy atom. The molecule has 9 nitrogen and oxygen atoms in total.